The SMILES string of the molecule is [2H]/C(=C\C(=O)Cc1cc2c(Nc3c([2H])c([2H])c(F)c(C)c3[2H])c(C#N)cnc2cc1OC([2H])([2H])C)C([2H])([2H])N(C)C. The molecular weight excluding hydrogens is 419 g/mol. The van der Waals surface area contributed by atoms with Crippen LogP contribution in [0.15, 0.2) is 48.6 Å². The van der Waals surface area contributed by atoms with Crippen molar-refractivity contribution in [3.8, 4) is 11.8 Å². The minimum atomic E-state index is -2.23. The topological polar surface area (TPSA) is 78.2 Å². The number of carbonyl (C=O) groups is 1. The van der Waals surface area contributed by atoms with E-state index in [0.717, 1.165) is 17.9 Å². The minimum Gasteiger partial charge on any atom is -0.494 e. The van der Waals surface area contributed by atoms with Crippen molar-refractivity contribution in [1.29, 1.82) is 5.26 Å². The van der Waals surface area contributed by atoms with Gasteiger partial charge in [-0.25, -0.2) is 4.39 Å². The quantitative estimate of drug-likeness (QED) is 0.462. The largest absolute Gasteiger partial charge is 0.494 e. The van der Waals surface area contributed by atoms with Crippen molar-refractivity contribution < 1.29 is 24.9 Å². The van der Waals surface area contributed by atoms with E-state index in [2.05, 4.69) is 10.3 Å². The second-order valence-electron chi connectivity index (χ2n) is 7.19. The lowest BCUT2D eigenvalue weighted by Crippen LogP contribution is -2.11. The van der Waals surface area contributed by atoms with Crippen molar-refractivity contribution in [3.05, 3.63) is 71.1 Å². The van der Waals surface area contributed by atoms with Crippen LogP contribution in [0.3, 0.4) is 0 Å². The third-order valence-electron chi connectivity index (χ3n) is 4.46. The van der Waals surface area contributed by atoms with E-state index in [1.165, 1.54) is 39.3 Å². The number of nitrogens with one attached hydrogen (secondary N) is 1. The van der Waals surface area contributed by atoms with Gasteiger partial charge in [0.2, 0.25) is 0 Å². The van der Waals surface area contributed by atoms with Crippen molar-refractivity contribution in [2.24, 2.45) is 0 Å². The van der Waals surface area contributed by atoms with E-state index in [1.807, 2.05) is 6.07 Å². The number of benzene rings is 2. The number of nitriles is 1. The van der Waals surface area contributed by atoms with Crippen molar-refractivity contribution >= 4 is 28.1 Å². The molecule has 0 saturated carbocycles. The Balaban J connectivity index is 2.24. The van der Waals surface area contributed by atoms with E-state index in [0.29, 0.717) is 0 Å². The first-order valence-electron chi connectivity index (χ1n) is 13.9. The normalized spacial score (nSPS) is 15.8. The molecule has 2 aromatic carbocycles. The van der Waals surface area contributed by atoms with Crippen LogP contribution in [0, 0.1) is 24.1 Å². The molecule has 0 unspecified atom stereocenters. The number of halogens is 1. The maximum absolute atomic E-state index is 14.3. The van der Waals surface area contributed by atoms with Gasteiger partial charge in [-0.15, -0.1) is 0 Å². The zero-order valence-corrected chi connectivity index (χ0v) is 18.6. The molecular formula is C26H27FN4O2. The summed E-state index contributed by atoms with van der Waals surface area (Å²) in [6.07, 6.45) is 1.58. The predicted molar refractivity (Wildman–Crippen MR) is 128 cm³/mol. The molecule has 0 radical (unpaired) electrons. The van der Waals surface area contributed by atoms with Gasteiger partial charge in [0.05, 0.1) is 31.6 Å². The molecule has 0 saturated heterocycles. The molecule has 33 heavy (non-hydrogen) atoms. The number of ether oxygens (including phenoxy) is 1. The molecule has 1 heterocycles. The lowest BCUT2D eigenvalue weighted by atomic mass is 10.0. The zero-order valence-electron chi connectivity index (χ0n) is 26.6. The number of hydrogen-bond acceptors (Lipinski definition) is 6. The number of anilines is 2. The minimum absolute atomic E-state index is 0.0332. The van der Waals surface area contributed by atoms with Gasteiger partial charge in [0, 0.05) is 44.6 Å². The van der Waals surface area contributed by atoms with E-state index in [1.54, 1.807) is 0 Å². The van der Waals surface area contributed by atoms with E-state index in [9.17, 15) is 14.4 Å². The number of carbonyl (C=O) groups excluding carboxylic acids is 1. The summed E-state index contributed by atoms with van der Waals surface area (Å²) in [5.74, 6) is -1.76. The Labute approximate surface area is 204 Å². The summed E-state index contributed by atoms with van der Waals surface area (Å²) < 4.78 is 83.8. The van der Waals surface area contributed by atoms with Crippen LogP contribution in [-0.2, 0) is 11.2 Å². The summed E-state index contributed by atoms with van der Waals surface area (Å²) in [6, 6.07) is 2.35. The summed E-state index contributed by atoms with van der Waals surface area (Å²) >= 11 is 0. The Kier molecular flexibility index (Phi) is 4.91. The Hall–Kier alpha value is -3.76. The third-order valence-corrected chi connectivity index (χ3v) is 4.46. The number of pyridine rings is 1. The molecule has 0 amide bonds. The Morgan fingerprint density at radius 2 is 2.24 bits per heavy atom. The molecule has 0 spiro atoms. The van der Waals surface area contributed by atoms with E-state index in [4.69, 9.17) is 15.7 Å². The molecule has 0 aliphatic rings. The van der Waals surface area contributed by atoms with Gasteiger partial charge in [0.15, 0.2) is 5.78 Å². The summed E-state index contributed by atoms with van der Waals surface area (Å²) in [4.78, 5) is 18.3. The van der Waals surface area contributed by atoms with Crippen molar-refractivity contribution in [1.82, 2.24) is 9.88 Å². The predicted octanol–water partition coefficient (Wildman–Crippen LogP) is 4.93. The number of aromatic nitrogens is 1. The van der Waals surface area contributed by atoms with Crippen LogP contribution in [0.5, 0.6) is 5.75 Å². The van der Waals surface area contributed by atoms with Crippen LogP contribution in [0.4, 0.5) is 15.8 Å². The first-order valence-corrected chi connectivity index (χ1v) is 9.85. The lowest BCUT2D eigenvalue weighted by molar-refractivity contribution is -0.114. The average Bonchev–Trinajstić information content (AvgIpc) is 2.88. The molecule has 1 N–H and O–H groups in total. The number of likely N-dealkylation sites (N-methyl/N-ethyl adjacent to an activating group) is 1. The third kappa shape index (κ3) is 5.93. The second kappa shape index (κ2) is 10.7. The van der Waals surface area contributed by atoms with Crippen LogP contribution in [0.25, 0.3) is 10.9 Å². The van der Waals surface area contributed by atoms with Crippen LogP contribution in [-0.4, -0.2) is 42.8 Å². The Morgan fingerprint density at radius 1 is 1.45 bits per heavy atom. The highest BCUT2D eigenvalue weighted by molar-refractivity contribution is 5.98. The van der Waals surface area contributed by atoms with Gasteiger partial charge in [-0.3, -0.25) is 9.78 Å². The Bertz CT molecular complexity index is 1590. The van der Waals surface area contributed by atoms with Gasteiger partial charge < -0.3 is 15.0 Å². The number of nitrogens with zero attached hydrogens (tertiary/aromatic N) is 3. The highest BCUT2D eigenvalue weighted by Gasteiger charge is 2.16. The van der Waals surface area contributed by atoms with Gasteiger partial charge in [-0.2, -0.15) is 5.26 Å². The number of allylic oxidation sites excluding steroid dienone is 1. The fraction of sp³-hybridized carbons (Fsp3) is 0.269. The van der Waals surface area contributed by atoms with Crippen molar-refractivity contribution in [3.63, 3.8) is 0 Å². The molecule has 0 bridgehead atoms. The van der Waals surface area contributed by atoms with Gasteiger partial charge in [0.1, 0.15) is 17.6 Å². The number of ketones is 1. The smallest absolute Gasteiger partial charge is 0.159 e. The van der Waals surface area contributed by atoms with Crippen molar-refractivity contribution in [2.75, 3.05) is 32.5 Å². The highest BCUT2D eigenvalue weighted by atomic mass is 19.1. The molecule has 0 fully saturated rings. The van der Waals surface area contributed by atoms with E-state index >= 15 is 0 Å². The fourth-order valence-corrected chi connectivity index (χ4v) is 2.98. The standard InChI is InChI=1S/C26H27FN4O2/c1-5-33-25-14-24-22(13-18(25)12-21(32)7-6-10-31(3)4)26(19(15-28)16-29-24)30-20-8-9-23(27)17(2)11-20/h6-9,11,13-14,16H,5,10,12H2,1-4H3,(H,29,30)/b7-6+/i5D2,6D,8D,9D,10D2,11D. The lowest BCUT2D eigenvalue weighted by Gasteiger charge is -2.15. The maximum Gasteiger partial charge on any atom is 0.159 e. The van der Waals surface area contributed by atoms with Gasteiger partial charge in [-0.05, 0) is 63.8 Å². The number of fused-ring (bicyclic) bond motifs is 1. The van der Waals surface area contributed by atoms with Crippen LogP contribution in [0.2, 0.25) is 0 Å². The number of rotatable bonds is 9. The summed E-state index contributed by atoms with van der Waals surface area (Å²) in [7, 11) is 2.83. The van der Waals surface area contributed by atoms with Crippen LogP contribution >= 0.6 is 0 Å². The molecule has 7 heteroatoms. The molecule has 170 valence electrons. The highest BCUT2D eigenvalue weighted by Crippen LogP contribution is 2.34. The molecule has 0 atom stereocenters. The van der Waals surface area contributed by atoms with Crippen LogP contribution < -0.4 is 10.1 Å². The summed E-state index contributed by atoms with van der Waals surface area (Å²) in [5.41, 5.74) is -0.0807. The van der Waals surface area contributed by atoms with E-state index < -0.39 is 55.3 Å². The second-order valence-corrected chi connectivity index (χ2v) is 7.19. The molecule has 3 rings (SSSR count). The van der Waals surface area contributed by atoms with Crippen LogP contribution in [0.1, 0.15) is 34.6 Å². The summed E-state index contributed by atoms with van der Waals surface area (Å²) in [6.45, 7) is -1.96. The zero-order chi connectivity index (χ0) is 31.0. The first-order chi connectivity index (χ1) is 18.9. The molecule has 1 aromatic heterocycles. The average molecular weight is 455 g/mol. The van der Waals surface area contributed by atoms with Gasteiger partial charge in [-0.1, -0.05) is 6.05 Å². The van der Waals surface area contributed by atoms with Gasteiger partial charge in [0.25, 0.3) is 0 Å². The Morgan fingerprint density at radius 3 is 2.94 bits per heavy atom. The first kappa shape index (κ1) is 15.1. The molecule has 0 aliphatic carbocycles. The monoisotopic (exact) mass is 454 g/mol. The number of hydrogen-bond donors (Lipinski definition) is 1. The van der Waals surface area contributed by atoms with Gasteiger partial charge >= 0.3 is 0 Å². The van der Waals surface area contributed by atoms with Crippen molar-refractivity contribution in [2.45, 2.75) is 20.3 Å². The molecule has 0 aliphatic heterocycles. The summed E-state index contributed by atoms with van der Waals surface area (Å²) in [5, 5.41) is 12.8. The molecule has 3 aromatic rings. The fourth-order valence-electron chi connectivity index (χ4n) is 2.98. The molecule has 6 nitrogen and oxygen atoms in total. The maximum atomic E-state index is 14.3. The van der Waals surface area contributed by atoms with E-state index in [-0.39, 0.29) is 44.7 Å².